The first-order valence-electron chi connectivity index (χ1n) is 2.36. The van der Waals surface area contributed by atoms with Crippen LogP contribution in [0.1, 0.15) is 0 Å². The highest BCUT2D eigenvalue weighted by Gasteiger charge is 1.91. The van der Waals surface area contributed by atoms with Crippen molar-refractivity contribution in [1.82, 2.24) is 0 Å². The zero-order chi connectivity index (χ0) is 7.28. The van der Waals surface area contributed by atoms with Crippen LogP contribution in [0.15, 0.2) is 35.9 Å². The molecule has 0 radical (unpaired) electrons. The lowest BCUT2D eigenvalue weighted by molar-refractivity contribution is -0.104. The molecule has 9 heavy (non-hydrogen) atoms. The Labute approximate surface area is 59.3 Å². The van der Waals surface area contributed by atoms with Crippen LogP contribution in [0.4, 0.5) is 0 Å². The third-order valence-electron chi connectivity index (χ3n) is 0.802. The van der Waals surface area contributed by atoms with E-state index in [1.807, 2.05) is 0 Å². The summed E-state index contributed by atoms with van der Waals surface area (Å²) in [6.45, 7) is 6.76. The van der Waals surface area contributed by atoms with Gasteiger partial charge in [0.05, 0.1) is 5.03 Å². The largest absolute Gasteiger partial charge is 0.298 e. The van der Waals surface area contributed by atoms with E-state index < -0.39 is 0 Å². The van der Waals surface area contributed by atoms with Gasteiger partial charge >= 0.3 is 0 Å². The highest BCUT2D eigenvalue weighted by molar-refractivity contribution is 6.33. The van der Waals surface area contributed by atoms with Gasteiger partial charge in [0.2, 0.25) is 0 Å². The van der Waals surface area contributed by atoms with Gasteiger partial charge in [0.15, 0.2) is 6.29 Å². The molecule has 0 saturated carbocycles. The molecule has 0 aromatic heterocycles. The number of hydrogen-bond acceptors (Lipinski definition) is 1. The molecule has 0 N–H and O–H groups in total. The number of rotatable bonds is 3. The van der Waals surface area contributed by atoms with E-state index in [-0.39, 0.29) is 0 Å². The third-order valence-corrected chi connectivity index (χ3v) is 1.17. The van der Waals surface area contributed by atoms with Crippen molar-refractivity contribution in [2.45, 2.75) is 0 Å². The molecule has 48 valence electrons. The zero-order valence-electron chi connectivity index (χ0n) is 4.93. The van der Waals surface area contributed by atoms with E-state index in [2.05, 4.69) is 13.2 Å². The summed E-state index contributed by atoms with van der Waals surface area (Å²) < 4.78 is 0. The number of carbonyl (C=O) groups excluding carboxylic acids is 1. The molecule has 0 aromatic rings. The van der Waals surface area contributed by atoms with Crippen molar-refractivity contribution in [3.63, 3.8) is 0 Å². The second-order valence-corrected chi connectivity index (χ2v) is 1.74. The van der Waals surface area contributed by atoms with Crippen molar-refractivity contribution in [3.8, 4) is 0 Å². The molecule has 0 unspecified atom stereocenters. The van der Waals surface area contributed by atoms with Gasteiger partial charge in [0.25, 0.3) is 0 Å². The number of hydrogen-bond donors (Lipinski definition) is 0. The Kier molecular flexibility index (Phi) is 3.72. The molecule has 0 amide bonds. The fourth-order valence-corrected chi connectivity index (χ4v) is 0.441. The van der Waals surface area contributed by atoms with Gasteiger partial charge in [-0.05, 0) is 0 Å². The summed E-state index contributed by atoms with van der Waals surface area (Å²) in [5.74, 6) is 0. The molecule has 0 rings (SSSR count). The maximum absolute atomic E-state index is 10.1. The van der Waals surface area contributed by atoms with Crippen LogP contribution in [0.2, 0.25) is 0 Å². The number of carbonyl (C=O) groups is 1. The van der Waals surface area contributed by atoms with Gasteiger partial charge in [-0.1, -0.05) is 36.9 Å². The molecule has 0 spiro atoms. The predicted octanol–water partition coefficient (Wildman–Crippen LogP) is 2.05. The normalized spacial score (nSPS) is 11.7. The van der Waals surface area contributed by atoms with Crippen LogP contribution in [0, 0.1) is 0 Å². The average Bonchev–Trinajstić information content (AvgIpc) is 1.90. The van der Waals surface area contributed by atoms with Crippen LogP contribution >= 0.6 is 11.6 Å². The van der Waals surface area contributed by atoms with Gasteiger partial charge in [-0.15, -0.1) is 0 Å². The molecule has 0 aliphatic heterocycles. The number of halogens is 1. The Balaban J connectivity index is 4.56. The summed E-state index contributed by atoms with van der Waals surface area (Å²) in [4.78, 5) is 10.1. The molecule has 0 aliphatic rings. The minimum Gasteiger partial charge on any atom is -0.298 e. The molecule has 0 atom stereocenters. The van der Waals surface area contributed by atoms with Crippen molar-refractivity contribution in [1.29, 1.82) is 0 Å². The zero-order valence-corrected chi connectivity index (χ0v) is 5.69. The van der Waals surface area contributed by atoms with E-state index in [4.69, 9.17) is 11.6 Å². The Morgan fingerprint density at radius 3 is 2.00 bits per heavy atom. The minimum absolute atomic E-state index is 0.333. The Morgan fingerprint density at radius 2 is 1.89 bits per heavy atom. The van der Waals surface area contributed by atoms with Gasteiger partial charge < -0.3 is 0 Å². The first-order chi connectivity index (χ1) is 4.26. The fraction of sp³-hybridized carbons (Fsp3) is 0. The second kappa shape index (κ2) is 4.10. The topological polar surface area (TPSA) is 17.1 Å². The molecule has 1 nitrogen and oxygen atoms in total. The Hall–Kier alpha value is -0.820. The minimum atomic E-state index is 0.333. The van der Waals surface area contributed by atoms with Crippen molar-refractivity contribution >= 4 is 17.9 Å². The fourth-order valence-electron chi connectivity index (χ4n) is 0.320. The lowest BCUT2D eigenvalue weighted by Gasteiger charge is -1.88. The highest BCUT2D eigenvalue weighted by atomic mass is 35.5. The van der Waals surface area contributed by atoms with Crippen LogP contribution in [0.5, 0.6) is 0 Å². The van der Waals surface area contributed by atoms with E-state index in [0.29, 0.717) is 16.9 Å². The van der Waals surface area contributed by atoms with Gasteiger partial charge in [-0.25, -0.2) is 0 Å². The molecule has 0 heterocycles. The lowest BCUT2D eigenvalue weighted by Crippen LogP contribution is -1.79. The molecule has 0 aromatic carbocycles. The first kappa shape index (κ1) is 8.18. The average molecular weight is 143 g/mol. The Morgan fingerprint density at radius 1 is 1.33 bits per heavy atom. The van der Waals surface area contributed by atoms with Crippen LogP contribution in [-0.2, 0) is 4.79 Å². The van der Waals surface area contributed by atoms with E-state index in [1.54, 1.807) is 0 Å². The van der Waals surface area contributed by atoms with E-state index >= 15 is 0 Å². The van der Waals surface area contributed by atoms with Crippen LogP contribution in [0.3, 0.4) is 0 Å². The third kappa shape index (κ3) is 2.29. The highest BCUT2D eigenvalue weighted by Crippen LogP contribution is 2.08. The maximum atomic E-state index is 10.1. The SMILES string of the molecule is C=C/C(Cl)=C(\C=C)C=O. The number of allylic oxidation sites excluding steroid dienone is 4. The lowest BCUT2D eigenvalue weighted by atomic mass is 10.3. The molecule has 0 aliphatic carbocycles. The van der Waals surface area contributed by atoms with E-state index in [0.717, 1.165) is 0 Å². The smallest absolute Gasteiger partial charge is 0.151 e. The molecule has 2 heteroatoms. The molecular weight excluding hydrogens is 136 g/mol. The second-order valence-electron chi connectivity index (χ2n) is 1.33. The van der Waals surface area contributed by atoms with Crippen molar-refractivity contribution in [2.24, 2.45) is 0 Å². The standard InChI is InChI=1S/C7H7ClO/c1-3-6(5-9)7(8)4-2/h3-5H,1-2H2/b7-6-. The van der Waals surface area contributed by atoms with Crippen molar-refractivity contribution < 1.29 is 4.79 Å². The van der Waals surface area contributed by atoms with Crippen LogP contribution in [-0.4, -0.2) is 6.29 Å². The van der Waals surface area contributed by atoms with E-state index in [1.165, 1.54) is 12.2 Å². The number of aldehydes is 1. The van der Waals surface area contributed by atoms with Gasteiger partial charge in [-0.2, -0.15) is 0 Å². The first-order valence-corrected chi connectivity index (χ1v) is 2.74. The Bertz CT molecular complexity index is 158. The van der Waals surface area contributed by atoms with Gasteiger partial charge in [-0.3, -0.25) is 4.79 Å². The van der Waals surface area contributed by atoms with Crippen molar-refractivity contribution in [2.75, 3.05) is 0 Å². The summed E-state index contributed by atoms with van der Waals surface area (Å²) in [7, 11) is 0. The molecule has 0 saturated heterocycles. The molecule has 0 bridgehead atoms. The van der Waals surface area contributed by atoms with E-state index in [9.17, 15) is 4.79 Å². The summed E-state index contributed by atoms with van der Waals surface area (Å²) in [6, 6.07) is 0. The molecular formula is C7H7ClO. The van der Waals surface area contributed by atoms with Crippen LogP contribution in [0.25, 0.3) is 0 Å². The summed E-state index contributed by atoms with van der Waals surface area (Å²) in [5.41, 5.74) is 0.367. The van der Waals surface area contributed by atoms with Gasteiger partial charge in [0.1, 0.15) is 0 Å². The van der Waals surface area contributed by atoms with Gasteiger partial charge in [0, 0.05) is 5.57 Å². The van der Waals surface area contributed by atoms with Crippen molar-refractivity contribution in [3.05, 3.63) is 35.9 Å². The molecule has 0 fully saturated rings. The monoisotopic (exact) mass is 142 g/mol. The summed E-state index contributed by atoms with van der Waals surface area (Å²) in [6.07, 6.45) is 3.42. The summed E-state index contributed by atoms with van der Waals surface area (Å²) in [5, 5.41) is 0.333. The summed E-state index contributed by atoms with van der Waals surface area (Å²) >= 11 is 5.49. The van der Waals surface area contributed by atoms with Crippen LogP contribution < -0.4 is 0 Å². The maximum Gasteiger partial charge on any atom is 0.151 e. The predicted molar refractivity (Wildman–Crippen MR) is 39.3 cm³/mol. The quantitative estimate of drug-likeness (QED) is 0.335.